The van der Waals surface area contributed by atoms with Gasteiger partial charge in [-0.1, -0.05) is 20.3 Å². The van der Waals surface area contributed by atoms with Gasteiger partial charge in [-0.3, -0.25) is 4.68 Å². The van der Waals surface area contributed by atoms with Crippen molar-refractivity contribution in [3.8, 4) is 6.07 Å². The summed E-state index contributed by atoms with van der Waals surface area (Å²) in [7, 11) is 0. The highest BCUT2D eigenvalue weighted by molar-refractivity contribution is 5.21. The van der Waals surface area contributed by atoms with Crippen molar-refractivity contribution in [2.24, 2.45) is 46.8 Å². The maximum absolute atomic E-state index is 11.8. The summed E-state index contributed by atoms with van der Waals surface area (Å²) in [5, 5.41) is 36.0. The zero-order valence-electron chi connectivity index (χ0n) is 21.0. The van der Waals surface area contributed by atoms with Gasteiger partial charge in [-0.25, -0.2) is 0 Å². The predicted molar refractivity (Wildman–Crippen MR) is 128 cm³/mol. The molecule has 0 saturated heterocycles. The first-order valence-electron chi connectivity index (χ1n) is 13.4. The van der Waals surface area contributed by atoms with Crippen molar-refractivity contribution in [1.82, 2.24) is 9.78 Å². The van der Waals surface area contributed by atoms with Crippen molar-refractivity contribution in [2.75, 3.05) is 0 Å². The Hall–Kier alpha value is -1.38. The molecule has 1 aromatic rings. The second-order valence-corrected chi connectivity index (χ2v) is 13.1. The summed E-state index contributed by atoms with van der Waals surface area (Å²) in [6.07, 6.45) is 13.8. The van der Waals surface area contributed by atoms with E-state index in [4.69, 9.17) is 5.26 Å². The van der Waals surface area contributed by atoms with Crippen LogP contribution < -0.4 is 0 Å². The molecule has 4 aliphatic carbocycles. The molecule has 5 rings (SSSR count). The summed E-state index contributed by atoms with van der Waals surface area (Å²) in [6, 6.07) is 2.15. The zero-order chi connectivity index (χ0) is 23.6. The fourth-order valence-electron chi connectivity index (χ4n) is 9.74. The van der Waals surface area contributed by atoms with Crippen LogP contribution in [0.15, 0.2) is 12.4 Å². The third-order valence-corrected chi connectivity index (χ3v) is 10.8. The number of nitrogens with zero attached hydrogens (tertiary/aromatic N) is 3. The molecule has 0 bridgehead atoms. The van der Waals surface area contributed by atoms with Crippen LogP contribution in [0.25, 0.3) is 0 Å². The summed E-state index contributed by atoms with van der Waals surface area (Å²) < 4.78 is 1.76. The topological polar surface area (TPSA) is 82.1 Å². The molecular weight excluding hydrogens is 410 g/mol. The maximum atomic E-state index is 11.8. The minimum atomic E-state index is -0.848. The largest absolute Gasteiger partial charge is 0.390 e. The lowest BCUT2D eigenvalue weighted by atomic mass is 9.41. The molecule has 10 atom stereocenters. The molecule has 0 radical (unpaired) electrons. The number of hydrogen-bond acceptors (Lipinski definition) is 4. The van der Waals surface area contributed by atoms with Crippen LogP contribution in [0.1, 0.15) is 91.0 Å². The SMILES string of the molecule is C[C@@H]1CC[C@H]([C@](C)(O)Cn2cc(C#N)cn2)[C@@]2(C)CC[C@H]3[C@@H](CC[C@@H]4C[C@](C)(O)CC[C@@H]43)[C@H]12. The van der Waals surface area contributed by atoms with E-state index in [9.17, 15) is 10.2 Å². The van der Waals surface area contributed by atoms with Crippen LogP contribution in [-0.4, -0.2) is 31.2 Å². The number of hydrogen-bond donors (Lipinski definition) is 2. The van der Waals surface area contributed by atoms with Crippen molar-refractivity contribution in [3.05, 3.63) is 18.0 Å². The highest BCUT2D eigenvalue weighted by atomic mass is 16.3. The first-order valence-corrected chi connectivity index (χ1v) is 13.4. The molecule has 0 unspecified atom stereocenters. The van der Waals surface area contributed by atoms with Gasteiger partial charge in [-0.05, 0) is 112 Å². The molecule has 5 nitrogen and oxygen atoms in total. The van der Waals surface area contributed by atoms with Crippen LogP contribution in [0.2, 0.25) is 0 Å². The second-order valence-electron chi connectivity index (χ2n) is 13.1. The second kappa shape index (κ2) is 8.09. The molecule has 33 heavy (non-hydrogen) atoms. The van der Waals surface area contributed by atoms with E-state index in [0.717, 1.165) is 37.0 Å². The van der Waals surface area contributed by atoms with Crippen molar-refractivity contribution >= 4 is 0 Å². The third kappa shape index (κ3) is 3.96. The first-order chi connectivity index (χ1) is 15.5. The molecule has 0 spiro atoms. The van der Waals surface area contributed by atoms with Gasteiger partial charge in [0.1, 0.15) is 6.07 Å². The van der Waals surface area contributed by atoms with E-state index >= 15 is 0 Å². The Morgan fingerprint density at radius 3 is 2.61 bits per heavy atom. The monoisotopic (exact) mass is 453 g/mol. The Labute approximate surface area is 199 Å². The predicted octanol–water partition coefficient (Wildman–Crippen LogP) is 5.16. The molecule has 1 heterocycles. The number of aromatic nitrogens is 2. The highest BCUT2D eigenvalue weighted by Gasteiger charge is 2.60. The quantitative estimate of drug-likeness (QED) is 0.662. The van der Waals surface area contributed by atoms with E-state index in [0.29, 0.717) is 29.9 Å². The summed E-state index contributed by atoms with van der Waals surface area (Å²) in [5.41, 5.74) is -0.618. The fourth-order valence-corrected chi connectivity index (χ4v) is 9.74. The molecule has 0 aliphatic heterocycles. The minimum Gasteiger partial charge on any atom is -0.390 e. The van der Waals surface area contributed by atoms with E-state index in [1.807, 2.05) is 13.8 Å². The van der Waals surface area contributed by atoms with Gasteiger partial charge in [0.05, 0.1) is 29.5 Å². The zero-order valence-corrected chi connectivity index (χ0v) is 21.0. The first kappa shape index (κ1) is 23.4. The van der Waals surface area contributed by atoms with Crippen LogP contribution in [0.3, 0.4) is 0 Å². The number of aliphatic hydroxyl groups is 2. The smallest absolute Gasteiger partial charge is 0.102 e. The fraction of sp³-hybridized carbons (Fsp3) is 0.857. The molecule has 4 saturated carbocycles. The Balaban J connectivity index is 1.39. The molecule has 0 amide bonds. The van der Waals surface area contributed by atoms with E-state index < -0.39 is 11.2 Å². The van der Waals surface area contributed by atoms with Crippen molar-refractivity contribution < 1.29 is 10.2 Å². The molecule has 1 aromatic heterocycles. The van der Waals surface area contributed by atoms with Gasteiger partial charge in [-0.15, -0.1) is 0 Å². The van der Waals surface area contributed by atoms with Crippen LogP contribution in [0.5, 0.6) is 0 Å². The minimum absolute atomic E-state index is 0.139. The normalized spacial score (nSPS) is 46.9. The number of nitriles is 1. The summed E-state index contributed by atoms with van der Waals surface area (Å²) in [5.74, 6) is 4.66. The average Bonchev–Trinajstić information content (AvgIpc) is 3.18. The Kier molecular flexibility index (Phi) is 5.73. The molecular formula is C28H43N3O2. The van der Waals surface area contributed by atoms with Gasteiger partial charge in [0.25, 0.3) is 0 Å². The van der Waals surface area contributed by atoms with Gasteiger partial charge in [0.2, 0.25) is 0 Å². The van der Waals surface area contributed by atoms with E-state index in [-0.39, 0.29) is 11.3 Å². The van der Waals surface area contributed by atoms with E-state index in [2.05, 4.69) is 25.0 Å². The third-order valence-electron chi connectivity index (χ3n) is 10.8. The Bertz CT molecular complexity index is 914. The van der Waals surface area contributed by atoms with Crippen molar-refractivity contribution in [3.63, 3.8) is 0 Å². The molecule has 0 aromatic carbocycles. The van der Waals surface area contributed by atoms with Gasteiger partial charge >= 0.3 is 0 Å². The van der Waals surface area contributed by atoms with Gasteiger partial charge in [0, 0.05) is 6.20 Å². The van der Waals surface area contributed by atoms with E-state index in [1.54, 1.807) is 17.1 Å². The van der Waals surface area contributed by atoms with Crippen LogP contribution in [0, 0.1) is 58.2 Å². The van der Waals surface area contributed by atoms with Gasteiger partial charge < -0.3 is 10.2 Å². The molecule has 4 aliphatic rings. The van der Waals surface area contributed by atoms with E-state index in [1.165, 1.54) is 38.5 Å². The lowest BCUT2D eigenvalue weighted by Crippen LogP contribution is -2.60. The van der Waals surface area contributed by atoms with Gasteiger partial charge in [0.15, 0.2) is 0 Å². The molecule has 5 heteroatoms. The van der Waals surface area contributed by atoms with Crippen LogP contribution in [0.4, 0.5) is 0 Å². The summed E-state index contributed by atoms with van der Waals surface area (Å²) in [4.78, 5) is 0. The number of rotatable bonds is 3. The lowest BCUT2D eigenvalue weighted by molar-refractivity contribution is -0.184. The lowest BCUT2D eigenvalue weighted by Gasteiger charge is -2.64. The van der Waals surface area contributed by atoms with Crippen LogP contribution in [-0.2, 0) is 6.54 Å². The summed E-state index contributed by atoms with van der Waals surface area (Å²) in [6.45, 7) is 9.47. The molecule has 182 valence electrons. The summed E-state index contributed by atoms with van der Waals surface area (Å²) >= 11 is 0. The van der Waals surface area contributed by atoms with Crippen molar-refractivity contribution in [1.29, 1.82) is 5.26 Å². The average molecular weight is 454 g/mol. The van der Waals surface area contributed by atoms with Gasteiger partial charge in [-0.2, -0.15) is 10.4 Å². The molecule has 2 N–H and O–H groups in total. The molecule has 4 fully saturated rings. The standard InChI is InChI=1S/C28H43N3O2/c1-18-5-8-24(28(4,33)17-31-16-19(14-29)15-30-31)27(3)12-10-22-21-9-11-26(2,32)13-20(21)6-7-23(22)25(18)27/h15-16,18,20-25,32-33H,5-13,17H2,1-4H3/t18-,20-,21+,22-,23-,24+,25+,26-,27-,28-/m1/s1. The Morgan fingerprint density at radius 1 is 1.12 bits per heavy atom. The highest BCUT2D eigenvalue weighted by Crippen LogP contribution is 2.65. The number of fused-ring (bicyclic) bond motifs is 5. The van der Waals surface area contributed by atoms with Crippen LogP contribution >= 0.6 is 0 Å². The maximum Gasteiger partial charge on any atom is 0.102 e. The van der Waals surface area contributed by atoms with Crippen molar-refractivity contribution in [2.45, 2.75) is 103 Å². The Morgan fingerprint density at radius 2 is 1.88 bits per heavy atom.